The van der Waals surface area contributed by atoms with E-state index < -0.39 is 10.0 Å². The minimum atomic E-state index is -3.79. The average molecular weight is 307 g/mol. The number of sulfonamides is 1. The van der Waals surface area contributed by atoms with E-state index in [2.05, 4.69) is 9.71 Å². The van der Waals surface area contributed by atoms with Gasteiger partial charge in [-0.2, -0.15) is 0 Å². The van der Waals surface area contributed by atoms with Crippen LogP contribution >= 0.6 is 12.2 Å². The van der Waals surface area contributed by atoms with Crippen molar-refractivity contribution >= 4 is 33.0 Å². The second kappa shape index (κ2) is 5.56. The van der Waals surface area contributed by atoms with E-state index in [0.717, 1.165) is 0 Å². The molecule has 1 aromatic carbocycles. The van der Waals surface area contributed by atoms with Crippen LogP contribution in [0.2, 0.25) is 0 Å². The fourth-order valence-electron chi connectivity index (χ4n) is 1.70. The number of aromatic nitrogens is 1. The summed E-state index contributed by atoms with van der Waals surface area (Å²) in [5.74, 6) is 0.253. The van der Waals surface area contributed by atoms with Gasteiger partial charge in [-0.1, -0.05) is 36.5 Å². The lowest BCUT2D eigenvalue weighted by molar-refractivity contribution is 0.601. The number of pyridine rings is 1. The lowest BCUT2D eigenvalue weighted by atomic mass is 10.2. The van der Waals surface area contributed by atoms with Gasteiger partial charge in [0.2, 0.25) is 0 Å². The molecule has 2 aromatic rings. The fourth-order valence-corrected chi connectivity index (χ4v) is 3.16. The number of hydrogen-bond acceptors (Lipinski definition) is 4. The normalized spacial score (nSPS) is 11.1. The van der Waals surface area contributed by atoms with Crippen LogP contribution in [0, 0.1) is 6.92 Å². The third kappa shape index (κ3) is 3.12. The van der Waals surface area contributed by atoms with Gasteiger partial charge >= 0.3 is 0 Å². The predicted molar refractivity (Wildman–Crippen MR) is 82.1 cm³/mol. The highest BCUT2D eigenvalue weighted by atomic mass is 32.2. The summed E-state index contributed by atoms with van der Waals surface area (Å²) in [5, 5.41) is 0. The third-order valence-electron chi connectivity index (χ3n) is 2.57. The molecule has 0 fully saturated rings. The Morgan fingerprint density at radius 3 is 2.55 bits per heavy atom. The zero-order valence-corrected chi connectivity index (χ0v) is 12.3. The smallest absolute Gasteiger partial charge is 0.263 e. The molecule has 0 aliphatic carbocycles. The van der Waals surface area contributed by atoms with Crippen molar-refractivity contribution in [2.45, 2.75) is 11.8 Å². The van der Waals surface area contributed by atoms with Crippen molar-refractivity contribution in [1.29, 1.82) is 0 Å². The molecule has 0 atom stereocenters. The number of thiocarbonyl (C=S) groups is 1. The summed E-state index contributed by atoms with van der Waals surface area (Å²) >= 11 is 4.87. The number of nitrogens with zero attached hydrogens (tertiary/aromatic N) is 1. The molecular weight excluding hydrogens is 294 g/mol. The van der Waals surface area contributed by atoms with Gasteiger partial charge in [0.15, 0.2) is 0 Å². The average Bonchev–Trinajstić information content (AvgIpc) is 2.38. The molecule has 0 saturated heterocycles. The van der Waals surface area contributed by atoms with Crippen molar-refractivity contribution in [3.05, 3.63) is 53.7 Å². The van der Waals surface area contributed by atoms with E-state index in [1.165, 1.54) is 6.07 Å². The molecule has 0 aliphatic heterocycles. The van der Waals surface area contributed by atoms with Crippen molar-refractivity contribution in [1.82, 2.24) is 4.98 Å². The second-order valence-electron chi connectivity index (χ2n) is 4.13. The van der Waals surface area contributed by atoms with E-state index in [0.29, 0.717) is 11.3 Å². The molecule has 0 amide bonds. The fraction of sp³-hybridized carbons (Fsp3) is 0.0769. The van der Waals surface area contributed by atoms with Gasteiger partial charge in [0.25, 0.3) is 10.0 Å². The van der Waals surface area contributed by atoms with Crippen LogP contribution < -0.4 is 10.5 Å². The number of nitrogens with one attached hydrogen (secondary N) is 1. The Kier molecular flexibility index (Phi) is 4.01. The van der Waals surface area contributed by atoms with Crippen LogP contribution in [-0.2, 0) is 10.0 Å². The molecule has 3 N–H and O–H groups in total. The molecule has 1 heterocycles. The van der Waals surface area contributed by atoms with E-state index in [1.54, 1.807) is 43.3 Å². The Morgan fingerprint density at radius 2 is 1.90 bits per heavy atom. The van der Waals surface area contributed by atoms with Gasteiger partial charge in [0, 0.05) is 11.3 Å². The Balaban J connectivity index is 2.44. The summed E-state index contributed by atoms with van der Waals surface area (Å²) in [6.45, 7) is 1.78. The maximum atomic E-state index is 12.4. The number of aryl methyl sites for hydroxylation is 1. The molecule has 2 rings (SSSR count). The van der Waals surface area contributed by atoms with Crippen molar-refractivity contribution in [3.63, 3.8) is 0 Å². The van der Waals surface area contributed by atoms with E-state index in [9.17, 15) is 8.42 Å². The summed E-state index contributed by atoms with van der Waals surface area (Å²) in [6, 6.07) is 11.4. The van der Waals surface area contributed by atoms with E-state index in [1.807, 2.05) is 0 Å². The molecule has 0 aliphatic rings. The Hall–Kier alpha value is -1.99. The summed E-state index contributed by atoms with van der Waals surface area (Å²) < 4.78 is 27.2. The molecule has 0 saturated carbocycles. The summed E-state index contributed by atoms with van der Waals surface area (Å²) in [7, 11) is -3.79. The van der Waals surface area contributed by atoms with E-state index in [-0.39, 0.29) is 15.7 Å². The number of benzene rings is 1. The lowest BCUT2D eigenvalue weighted by Gasteiger charge is -2.11. The van der Waals surface area contributed by atoms with Gasteiger partial charge < -0.3 is 5.73 Å². The maximum absolute atomic E-state index is 12.4. The number of hydrogen-bond donors (Lipinski definition) is 2. The van der Waals surface area contributed by atoms with Crippen LogP contribution in [0.1, 0.15) is 11.3 Å². The molecule has 7 heteroatoms. The summed E-state index contributed by atoms with van der Waals surface area (Å²) in [4.78, 5) is 4.17. The highest BCUT2D eigenvalue weighted by molar-refractivity contribution is 7.93. The SMILES string of the molecule is Cc1cccc(NS(=O)(=O)c2ccccc2C(N)=S)n1. The summed E-state index contributed by atoms with van der Waals surface area (Å²) in [5.41, 5.74) is 6.58. The van der Waals surface area contributed by atoms with Crippen LogP contribution in [0.25, 0.3) is 0 Å². The third-order valence-corrected chi connectivity index (χ3v) is 4.20. The van der Waals surface area contributed by atoms with Crippen molar-refractivity contribution < 1.29 is 8.42 Å². The first-order valence-corrected chi connectivity index (χ1v) is 7.64. The van der Waals surface area contributed by atoms with Crippen LogP contribution in [0.4, 0.5) is 5.82 Å². The predicted octanol–water partition coefficient (Wildman–Crippen LogP) is 1.83. The first kappa shape index (κ1) is 14.4. The highest BCUT2D eigenvalue weighted by Gasteiger charge is 2.19. The first-order valence-electron chi connectivity index (χ1n) is 5.75. The standard InChI is InChI=1S/C13H13N3O2S2/c1-9-5-4-8-12(15-9)16-20(17,18)11-7-3-2-6-10(11)13(14)19/h2-8H,1H3,(H2,14,19)(H,15,16). The Labute approximate surface area is 122 Å². The lowest BCUT2D eigenvalue weighted by Crippen LogP contribution is -2.20. The molecule has 1 aromatic heterocycles. The van der Waals surface area contributed by atoms with Crippen LogP contribution in [0.5, 0.6) is 0 Å². The molecule has 0 unspecified atom stereocenters. The minimum absolute atomic E-state index is 0.0307. The first-order chi connectivity index (χ1) is 9.40. The van der Waals surface area contributed by atoms with Crippen LogP contribution in [-0.4, -0.2) is 18.4 Å². The molecule has 0 bridgehead atoms. The summed E-state index contributed by atoms with van der Waals surface area (Å²) in [6.07, 6.45) is 0. The van der Waals surface area contributed by atoms with Crippen LogP contribution in [0.15, 0.2) is 47.4 Å². The van der Waals surface area contributed by atoms with E-state index in [4.69, 9.17) is 18.0 Å². The van der Waals surface area contributed by atoms with Crippen molar-refractivity contribution in [2.75, 3.05) is 4.72 Å². The molecule has 5 nitrogen and oxygen atoms in total. The number of nitrogens with two attached hydrogens (primary N) is 1. The minimum Gasteiger partial charge on any atom is -0.389 e. The maximum Gasteiger partial charge on any atom is 0.263 e. The molecule has 0 radical (unpaired) electrons. The highest BCUT2D eigenvalue weighted by Crippen LogP contribution is 2.18. The molecule has 20 heavy (non-hydrogen) atoms. The van der Waals surface area contributed by atoms with Crippen LogP contribution in [0.3, 0.4) is 0 Å². The monoisotopic (exact) mass is 307 g/mol. The van der Waals surface area contributed by atoms with Gasteiger partial charge in [-0.25, -0.2) is 13.4 Å². The van der Waals surface area contributed by atoms with Gasteiger partial charge in [-0.3, -0.25) is 4.72 Å². The van der Waals surface area contributed by atoms with E-state index >= 15 is 0 Å². The van der Waals surface area contributed by atoms with Gasteiger partial charge in [0.05, 0.1) is 4.90 Å². The van der Waals surface area contributed by atoms with Gasteiger partial charge in [-0.05, 0) is 25.1 Å². The quantitative estimate of drug-likeness (QED) is 0.842. The Morgan fingerprint density at radius 1 is 1.20 bits per heavy atom. The molecule has 0 spiro atoms. The Bertz CT molecular complexity index is 758. The topological polar surface area (TPSA) is 85.1 Å². The van der Waals surface area contributed by atoms with Gasteiger partial charge in [0.1, 0.15) is 10.8 Å². The zero-order valence-electron chi connectivity index (χ0n) is 10.7. The molecule has 104 valence electrons. The zero-order chi connectivity index (χ0) is 14.8. The number of anilines is 1. The van der Waals surface area contributed by atoms with Crippen molar-refractivity contribution in [3.8, 4) is 0 Å². The molecular formula is C13H13N3O2S2. The second-order valence-corrected chi connectivity index (χ2v) is 6.22. The van der Waals surface area contributed by atoms with Crippen molar-refractivity contribution in [2.24, 2.45) is 5.73 Å². The van der Waals surface area contributed by atoms with Gasteiger partial charge in [-0.15, -0.1) is 0 Å². The number of rotatable bonds is 4. The largest absolute Gasteiger partial charge is 0.389 e.